The van der Waals surface area contributed by atoms with E-state index in [0.29, 0.717) is 23.4 Å². The van der Waals surface area contributed by atoms with Crippen LogP contribution in [0, 0.1) is 0 Å². The fourth-order valence-corrected chi connectivity index (χ4v) is 2.58. The molecule has 116 valence electrons. The summed E-state index contributed by atoms with van der Waals surface area (Å²) in [5.41, 5.74) is 1.65. The zero-order valence-corrected chi connectivity index (χ0v) is 13.0. The number of aromatic nitrogens is 1. The van der Waals surface area contributed by atoms with Gasteiger partial charge < -0.3 is 9.63 Å². The number of carbonyl (C=O) groups is 1. The highest BCUT2D eigenvalue weighted by molar-refractivity contribution is 6.30. The molecule has 1 fully saturated rings. The Hall–Kier alpha value is -1.85. The standard InChI is InChI=1S/C16H17ClN2O3/c1-10(16(20)21)19(13-6-7-13)9-14-8-15(18-22-14)11-2-4-12(17)5-3-11/h2-5,8,10,13H,6-7,9H2,1H3,(H,20,21). The molecule has 1 unspecified atom stereocenters. The summed E-state index contributed by atoms with van der Waals surface area (Å²) in [5, 5.41) is 13.9. The topological polar surface area (TPSA) is 66.6 Å². The molecule has 1 aliphatic rings. The molecule has 5 nitrogen and oxygen atoms in total. The highest BCUT2D eigenvalue weighted by atomic mass is 35.5. The summed E-state index contributed by atoms with van der Waals surface area (Å²) < 4.78 is 5.37. The molecule has 3 rings (SSSR count). The van der Waals surface area contributed by atoms with Crippen LogP contribution in [0.1, 0.15) is 25.5 Å². The molecule has 1 aliphatic carbocycles. The van der Waals surface area contributed by atoms with Crippen LogP contribution in [0.3, 0.4) is 0 Å². The zero-order valence-electron chi connectivity index (χ0n) is 12.2. The summed E-state index contributed by atoms with van der Waals surface area (Å²) in [6, 6.07) is 9.01. The number of nitrogens with zero attached hydrogens (tertiary/aromatic N) is 2. The fraction of sp³-hybridized carbons (Fsp3) is 0.375. The fourth-order valence-electron chi connectivity index (χ4n) is 2.45. The Labute approximate surface area is 133 Å². The molecule has 1 atom stereocenters. The first kappa shape index (κ1) is 15.1. The molecule has 0 amide bonds. The third-order valence-corrected chi connectivity index (χ3v) is 4.16. The van der Waals surface area contributed by atoms with Crippen LogP contribution in [-0.4, -0.2) is 33.2 Å². The molecule has 1 aromatic heterocycles. The van der Waals surface area contributed by atoms with Crippen LogP contribution >= 0.6 is 11.6 Å². The van der Waals surface area contributed by atoms with Crippen molar-refractivity contribution in [2.75, 3.05) is 0 Å². The highest BCUT2D eigenvalue weighted by Crippen LogP contribution is 2.31. The third-order valence-electron chi connectivity index (χ3n) is 3.91. The smallest absolute Gasteiger partial charge is 0.320 e. The molecule has 1 saturated carbocycles. The van der Waals surface area contributed by atoms with Crippen LogP contribution in [0.5, 0.6) is 0 Å². The van der Waals surface area contributed by atoms with Gasteiger partial charge in [-0.15, -0.1) is 0 Å². The molecule has 0 saturated heterocycles. The normalized spacial score (nSPS) is 16.0. The molecule has 1 heterocycles. The first-order valence-corrected chi connectivity index (χ1v) is 7.62. The minimum atomic E-state index is -0.815. The zero-order chi connectivity index (χ0) is 15.7. The van der Waals surface area contributed by atoms with Crippen LogP contribution in [0.4, 0.5) is 0 Å². The molecule has 1 aromatic carbocycles. The van der Waals surface area contributed by atoms with Crippen molar-refractivity contribution < 1.29 is 14.4 Å². The summed E-state index contributed by atoms with van der Waals surface area (Å²) in [5.74, 6) is -0.144. The van der Waals surface area contributed by atoms with Gasteiger partial charge in [-0.2, -0.15) is 0 Å². The number of hydrogen-bond donors (Lipinski definition) is 1. The van der Waals surface area contributed by atoms with E-state index >= 15 is 0 Å². The Kier molecular flexibility index (Phi) is 4.18. The number of carboxylic acid groups (broad SMARTS) is 1. The van der Waals surface area contributed by atoms with Crippen LogP contribution in [0.2, 0.25) is 5.02 Å². The van der Waals surface area contributed by atoms with E-state index in [9.17, 15) is 9.90 Å². The van der Waals surface area contributed by atoms with Crippen molar-refractivity contribution >= 4 is 17.6 Å². The summed E-state index contributed by atoms with van der Waals surface area (Å²) >= 11 is 5.87. The van der Waals surface area contributed by atoms with E-state index in [4.69, 9.17) is 16.1 Å². The number of halogens is 1. The molecule has 2 aromatic rings. The Morgan fingerprint density at radius 2 is 2.14 bits per heavy atom. The van der Waals surface area contributed by atoms with Gasteiger partial charge in [0.1, 0.15) is 11.7 Å². The minimum absolute atomic E-state index is 0.329. The van der Waals surface area contributed by atoms with E-state index in [2.05, 4.69) is 5.16 Å². The predicted octanol–water partition coefficient (Wildman–Crippen LogP) is 3.43. The van der Waals surface area contributed by atoms with Gasteiger partial charge in [0.25, 0.3) is 0 Å². The number of benzene rings is 1. The van der Waals surface area contributed by atoms with Crippen LogP contribution < -0.4 is 0 Å². The van der Waals surface area contributed by atoms with Gasteiger partial charge in [0.2, 0.25) is 0 Å². The predicted molar refractivity (Wildman–Crippen MR) is 82.6 cm³/mol. The second-order valence-electron chi connectivity index (χ2n) is 5.60. The molecule has 0 bridgehead atoms. The van der Waals surface area contributed by atoms with Crippen molar-refractivity contribution in [3.8, 4) is 11.3 Å². The molecular formula is C16H17ClN2O3. The van der Waals surface area contributed by atoms with E-state index in [-0.39, 0.29) is 0 Å². The summed E-state index contributed by atoms with van der Waals surface area (Å²) in [6.45, 7) is 2.16. The molecule has 22 heavy (non-hydrogen) atoms. The molecule has 0 radical (unpaired) electrons. The van der Waals surface area contributed by atoms with Crippen molar-refractivity contribution in [1.82, 2.24) is 10.1 Å². The summed E-state index contributed by atoms with van der Waals surface area (Å²) in [6.07, 6.45) is 2.07. The Bertz CT molecular complexity index is 664. The van der Waals surface area contributed by atoms with Gasteiger partial charge in [-0.3, -0.25) is 9.69 Å². The maximum atomic E-state index is 11.2. The van der Waals surface area contributed by atoms with E-state index in [1.54, 1.807) is 19.1 Å². The maximum Gasteiger partial charge on any atom is 0.320 e. The first-order valence-electron chi connectivity index (χ1n) is 7.24. The van der Waals surface area contributed by atoms with Crippen LogP contribution in [-0.2, 0) is 11.3 Å². The second-order valence-corrected chi connectivity index (χ2v) is 6.04. The average Bonchev–Trinajstić information content (AvgIpc) is 3.24. The molecule has 0 spiro atoms. The molecule has 0 aliphatic heterocycles. The van der Waals surface area contributed by atoms with Gasteiger partial charge >= 0.3 is 5.97 Å². The van der Waals surface area contributed by atoms with Crippen molar-refractivity contribution in [1.29, 1.82) is 0 Å². The van der Waals surface area contributed by atoms with Crippen LogP contribution in [0.25, 0.3) is 11.3 Å². The summed E-state index contributed by atoms with van der Waals surface area (Å²) in [4.78, 5) is 13.2. The number of hydrogen-bond acceptors (Lipinski definition) is 4. The largest absolute Gasteiger partial charge is 0.480 e. The molecular weight excluding hydrogens is 304 g/mol. The first-order chi connectivity index (χ1) is 10.5. The van der Waals surface area contributed by atoms with E-state index < -0.39 is 12.0 Å². The third kappa shape index (κ3) is 3.31. The van der Waals surface area contributed by atoms with Gasteiger partial charge in [-0.1, -0.05) is 28.9 Å². The lowest BCUT2D eigenvalue weighted by Crippen LogP contribution is -2.39. The highest BCUT2D eigenvalue weighted by Gasteiger charge is 2.35. The van der Waals surface area contributed by atoms with Gasteiger partial charge in [-0.25, -0.2) is 0 Å². The van der Waals surface area contributed by atoms with Gasteiger partial charge in [0.05, 0.1) is 6.54 Å². The number of aliphatic carboxylic acids is 1. The Morgan fingerprint density at radius 3 is 2.73 bits per heavy atom. The SMILES string of the molecule is CC(C(=O)O)N(Cc1cc(-c2ccc(Cl)cc2)no1)C1CC1. The Morgan fingerprint density at radius 1 is 1.45 bits per heavy atom. The average molecular weight is 321 g/mol. The van der Waals surface area contributed by atoms with E-state index in [0.717, 1.165) is 24.1 Å². The lowest BCUT2D eigenvalue weighted by Gasteiger charge is -2.24. The van der Waals surface area contributed by atoms with Crippen molar-refractivity contribution in [2.24, 2.45) is 0 Å². The van der Waals surface area contributed by atoms with Crippen molar-refractivity contribution in [3.05, 3.63) is 41.1 Å². The molecule has 1 N–H and O–H groups in total. The van der Waals surface area contributed by atoms with Crippen molar-refractivity contribution in [2.45, 2.75) is 38.4 Å². The van der Waals surface area contributed by atoms with Gasteiger partial charge in [0.15, 0.2) is 5.76 Å². The van der Waals surface area contributed by atoms with Gasteiger partial charge in [-0.05, 0) is 31.9 Å². The lowest BCUT2D eigenvalue weighted by atomic mass is 10.1. The van der Waals surface area contributed by atoms with Crippen molar-refractivity contribution in [3.63, 3.8) is 0 Å². The Balaban J connectivity index is 1.75. The maximum absolute atomic E-state index is 11.2. The lowest BCUT2D eigenvalue weighted by molar-refractivity contribution is -0.143. The van der Waals surface area contributed by atoms with E-state index in [1.807, 2.05) is 23.1 Å². The van der Waals surface area contributed by atoms with E-state index in [1.165, 1.54) is 0 Å². The number of rotatable bonds is 6. The van der Waals surface area contributed by atoms with Gasteiger partial charge in [0, 0.05) is 22.7 Å². The minimum Gasteiger partial charge on any atom is -0.480 e. The quantitative estimate of drug-likeness (QED) is 0.883. The second kappa shape index (κ2) is 6.10. The monoisotopic (exact) mass is 320 g/mol. The summed E-state index contributed by atoms with van der Waals surface area (Å²) in [7, 11) is 0. The number of carboxylic acids is 1. The van der Waals surface area contributed by atoms with Crippen LogP contribution in [0.15, 0.2) is 34.9 Å². The molecule has 6 heteroatoms.